The smallest absolute Gasteiger partial charge is 0.124 e. The minimum atomic E-state index is 0.429. The molecule has 0 saturated carbocycles. The zero-order chi connectivity index (χ0) is 33.9. The summed E-state index contributed by atoms with van der Waals surface area (Å²) in [4.78, 5) is 29.0. The van der Waals surface area contributed by atoms with E-state index < -0.39 is 0 Å². The van der Waals surface area contributed by atoms with Crippen molar-refractivity contribution in [2.45, 2.75) is 40.9 Å². The summed E-state index contributed by atoms with van der Waals surface area (Å²) in [5.41, 5.74) is 10.4. The summed E-state index contributed by atoms with van der Waals surface area (Å²) < 4.78 is 12.5. The van der Waals surface area contributed by atoms with Crippen LogP contribution in [0.4, 0.5) is 0 Å². The maximum atomic E-state index is 6.23. The van der Waals surface area contributed by atoms with E-state index >= 15 is 0 Å². The molecule has 2 aromatic carbocycles. The van der Waals surface area contributed by atoms with Crippen LogP contribution in [-0.4, -0.2) is 59.0 Å². The molecule has 4 bridgehead atoms. The summed E-state index contributed by atoms with van der Waals surface area (Å²) in [5.74, 6) is 1.42. The zero-order valence-corrected chi connectivity index (χ0v) is 28.2. The molecule has 0 aliphatic carbocycles. The lowest BCUT2D eigenvalue weighted by molar-refractivity contribution is 0.305. The van der Waals surface area contributed by atoms with Crippen molar-refractivity contribution in [2.24, 2.45) is 20.0 Å². The molecule has 0 saturated heterocycles. The van der Waals surface area contributed by atoms with E-state index in [0.29, 0.717) is 50.9 Å². The molecule has 0 atom stereocenters. The highest BCUT2D eigenvalue weighted by Crippen LogP contribution is 2.20. The van der Waals surface area contributed by atoms with Gasteiger partial charge in [0, 0.05) is 24.3 Å². The molecule has 2 aromatic heterocycles. The standard InChI is InChI=1S/C40H42N6O2/c1-7-31-9-13-33(14-10-31)25-47-35-21-37-27(3)41-17-19-43-29(5)39-23-36(48-26-34-15-11-32(8-2)12-16-34)24-40(46-39)30(6)44-20-18-42-28(4)38(22-35)45-37/h7-16,21-24H,1-2,17-20,25-26H2,3-6H3. The van der Waals surface area contributed by atoms with E-state index in [0.717, 1.165) is 67.9 Å². The van der Waals surface area contributed by atoms with E-state index in [1.165, 1.54) is 0 Å². The highest BCUT2D eigenvalue weighted by molar-refractivity contribution is 6.02. The number of benzene rings is 2. The maximum Gasteiger partial charge on any atom is 0.124 e. The van der Waals surface area contributed by atoms with E-state index in [1.54, 1.807) is 0 Å². The fourth-order valence-corrected chi connectivity index (χ4v) is 4.95. The van der Waals surface area contributed by atoms with Gasteiger partial charge in [-0.15, -0.1) is 0 Å². The van der Waals surface area contributed by atoms with Crippen LogP contribution in [0.5, 0.6) is 11.5 Å². The largest absolute Gasteiger partial charge is 0.489 e. The quantitative estimate of drug-likeness (QED) is 0.196. The maximum absolute atomic E-state index is 6.23. The van der Waals surface area contributed by atoms with E-state index in [-0.39, 0.29) is 0 Å². The Hall–Kier alpha value is -5.50. The van der Waals surface area contributed by atoms with Gasteiger partial charge in [0.15, 0.2) is 0 Å². The Morgan fingerprint density at radius 1 is 0.500 bits per heavy atom. The number of rotatable bonds is 8. The molecule has 8 heteroatoms. The molecule has 3 heterocycles. The SMILES string of the molecule is C=Cc1ccc(COc2cc3nc(c2)C(C)=NCCN=C(C)c2cc(OCc4ccc(C=C)cc4)cc(n2)C(C)=NCCN=C3C)cc1. The Labute approximate surface area is 283 Å². The Kier molecular flexibility index (Phi) is 11.5. The summed E-state index contributed by atoms with van der Waals surface area (Å²) in [6.45, 7) is 18.3. The lowest BCUT2D eigenvalue weighted by Crippen LogP contribution is -2.11. The van der Waals surface area contributed by atoms with Crippen molar-refractivity contribution in [2.75, 3.05) is 26.2 Å². The van der Waals surface area contributed by atoms with E-state index in [2.05, 4.69) is 13.2 Å². The summed E-state index contributed by atoms with van der Waals surface area (Å²) in [5, 5.41) is 0. The molecule has 0 unspecified atom stereocenters. The topological polar surface area (TPSA) is 93.7 Å². The Balaban J connectivity index is 1.39. The first-order valence-electron chi connectivity index (χ1n) is 16.1. The number of aromatic nitrogens is 2. The van der Waals surface area contributed by atoms with Crippen LogP contribution in [0.1, 0.15) is 72.7 Å². The van der Waals surface area contributed by atoms with E-state index in [1.807, 2.05) is 113 Å². The molecule has 0 spiro atoms. The highest BCUT2D eigenvalue weighted by atomic mass is 16.5. The first-order chi connectivity index (χ1) is 23.3. The van der Waals surface area contributed by atoms with Gasteiger partial charge in [0.05, 0.1) is 71.8 Å². The van der Waals surface area contributed by atoms with Gasteiger partial charge in [-0.05, 0) is 49.9 Å². The molecule has 5 rings (SSSR count). The van der Waals surface area contributed by atoms with Gasteiger partial charge < -0.3 is 9.47 Å². The van der Waals surface area contributed by atoms with E-state index in [9.17, 15) is 0 Å². The minimum Gasteiger partial charge on any atom is -0.489 e. The van der Waals surface area contributed by atoms with Crippen molar-refractivity contribution in [1.82, 2.24) is 9.97 Å². The molecule has 4 aromatic rings. The summed E-state index contributed by atoms with van der Waals surface area (Å²) in [7, 11) is 0. The van der Waals surface area contributed by atoms with Gasteiger partial charge in [-0.1, -0.05) is 73.8 Å². The molecule has 0 radical (unpaired) electrons. The van der Waals surface area contributed by atoms with Crippen molar-refractivity contribution < 1.29 is 9.47 Å². The molecular formula is C40H42N6O2. The lowest BCUT2D eigenvalue weighted by Gasteiger charge is -2.12. The zero-order valence-electron chi connectivity index (χ0n) is 28.2. The summed E-state index contributed by atoms with van der Waals surface area (Å²) in [6.07, 6.45) is 3.65. The third-order valence-electron chi connectivity index (χ3n) is 7.92. The third-order valence-corrected chi connectivity index (χ3v) is 7.92. The fourth-order valence-electron chi connectivity index (χ4n) is 4.95. The van der Waals surface area contributed by atoms with Crippen molar-refractivity contribution in [3.8, 4) is 11.5 Å². The molecule has 0 fully saturated rings. The predicted molar refractivity (Wildman–Crippen MR) is 199 cm³/mol. The van der Waals surface area contributed by atoms with Crippen LogP contribution in [0.15, 0.2) is 106 Å². The van der Waals surface area contributed by atoms with Gasteiger partial charge in [0.2, 0.25) is 0 Å². The van der Waals surface area contributed by atoms with Crippen molar-refractivity contribution in [1.29, 1.82) is 0 Å². The van der Waals surface area contributed by atoms with Gasteiger partial charge in [-0.3, -0.25) is 20.0 Å². The van der Waals surface area contributed by atoms with Crippen LogP contribution >= 0.6 is 0 Å². The van der Waals surface area contributed by atoms with Crippen LogP contribution in [-0.2, 0) is 13.2 Å². The summed E-state index contributed by atoms with van der Waals surface area (Å²) in [6, 6.07) is 24.0. The average molecular weight is 639 g/mol. The second kappa shape index (κ2) is 16.4. The van der Waals surface area contributed by atoms with Crippen LogP contribution < -0.4 is 9.47 Å². The monoisotopic (exact) mass is 638 g/mol. The average Bonchev–Trinajstić information content (AvgIpc) is 3.12. The van der Waals surface area contributed by atoms with Crippen LogP contribution in [0.3, 0.4) is 0 Å². The minimum absolute atomic E-state index is 0.429. The van der Waals surface area contributed by atoms with Crippen molar-refractivity contribution in [3.05, 3.63) is 131 Å². The van der Waals surface area contributed by atoms with Crippen LogP contribution in [0.25, 0.3) is 12.2 Å². The third kappa shape index (κ3) is 9.28. The number of aliphatic imine (C=N–C) groups is 4. The fraction of sp³-hybridized carbons (Fsp3) is 0.250. The van der Waals surface area contributed by atoms with Crippen molar-refractivity contribution in [3.63, 3.8) is 0 Å². The molecule has 244 valence electrons. The first kappa shape index (κ1) is 33.9. The second-order valence-corrected chi connectivity index (χ2v) is 11.5. The van der Waals surface area contributed by atoms with Crippen LogP contribution in [0, 0.1) is 0 Å². The molecular weight excluding hydrogens is 596 g/mol. The Bertz CT molecular complexity index is 1670. The number of fused-ring (bicyclic) bond motifs is 4. The molecule has 8 nitrogen and oxygen atoms in total. The number of nitrogens with zero attached hydrogens (tertiary/aromatic N) is 6. The van der Waals surface area contributed by atoms with Gasteiger partial charge in [-0.2, -0.15) is 0 Å². The highest BCUT2D eigenvalue weighted by Gasteiger charge is 2.12. The van der Waals surface area contributed by atoms with E-state index in [4.69, 9.17) is 39.4 Å². The Morgan fingerprint density at radius 2 is 0.792 bits per heavy atom. The number of ether oxygens (including phenoxy) is 2. The predicted octanol–water partition coefficient (Wildman–Crippen LogP) is 7.87. The lowest BCUT2D eigenvalue weighted by atomic mass is 10.1. The number of hydrogen-bond acceptors (Lipinski definition) is 8. The molecule has 1 aliphatic rings. The van der Waals surface area contributed by atoms with Gasteiger partial charge in [0.25, 0.3) is 0 Å². The first-order valence-corrected chi connectivity index (χ1v) is 16.1. The molecule has 0 amide bonds. The normalized spacial score (nSPS) is 13.9. The van der Waals surface area contributed by atoms with Gasteiger partial charge in [0.1, 0.15) is 24.7 Å². The number of hydrogen-bond donors (Lipinski definition) is 0. The molecule has 1 aliphatic heterocycles. The van der Waals surface area contributed by atoms with Gasteiger partial charge in [-0.25, -0.2) is 9.97 Å². The van der Waals surface area contributed by atoms with Crippen LogP contribution in [0.2, 0.25) is 0 Å². The number of pyridine rings is 2. The van der Waals surface area contributed by atoms with Gasteiger partial charge >= 0.3 is 0 Å². The van der Waals surface area contributed by atoms with Crippen molar-refractivity contribution >= 4 is 35.0 Å². The molecule has 48 heavy (non-hydrogen) atoms. The second-order valence-electron chi connectivity index (χ2n) is 11.5. The summed E-state index contributed by atoms with van der Waals surface area (Å²) >= 11 is 0. The Morgan fingerprint density at radius 3 is 1.06 bits per heavy atom. The molecule has 0 N–H and O–H groups in total.